The average Bonchev–Trinajstić information content (AvgIpc) is 2.65. The summed E-state index contributed by atoms with van der Waals surface area (Å²) in [6, 6.07) is 11.3. The first-order valence-electron chi connectivity index (χ1n) is 8.54. The number of benzene rings is 2. The number of hydrogen-bond donors (Lipinski definition) is 2. The molecule has 0 fully saturated rings. The lowest BCUT2D eigenvalue weighted by Crippen LogP contribution is -2.55. The maximum atomic E-state index is 12.8. The van der Waals surface area contributed by atoms with Crippen LogP contribution in [0.5, 0.6) is 5.75 Å². The van der Waals surface area contributed by atoms with Crippen LogP contribution >= 0.6 is 0 Å². The van der Waals surface area contributed by atoms with Crippen molar-refractivity contribution in [1.82, 2.24) is 0 Å². The molecule has 0 aliphatic carbocycles. The van der Waals surface area contributed by atoms with Gasteiger partial charge in [0.25, 0.3) is 11.6 Å². The molecule has 1 aliphatic heterocycles. The van der Waals surface area contributed by atoms with Crippen LogP contribution in [0.15, 0.2) is 42.5 Å². The van der Waals surface area contributed by atoms with Crippen molar-refractivity contribution in [3.63, 3.8) is 0 Å². The van der Waals surface area contributed by atoms with Gasteiger partial charge in [-0.2, -0.15) is 0 Å². The molecular formula is C19H20N4O5. The van der Waals surface area contributed by atoms with Crippen LogP contribution in [0.25, 0.3) is 0 Å². The molecule has 2 N–H and O–H groups in total. The van der Waals surface area contributed by atoms with E-state index >= 15 is 0 Å². The van der Waals surface area contributed by atoms with E-state index in [2.05, 4.69) is 10.6 Å². The van der Waals surface area contributed by atoms with Gasteiger partial charge in [0.1, 0.15) is 23.5 Å². The van der Waals surface area contributed by atoms with E-state index in [1.165, 1.54) is 30.2 Å². The SMILES string of the molecule is COc1ccc(NC(=O)CN2C(=O)C(C)(C)Nc3ccccc32)c([N+](=O)[O-])c1. The zero-order valence-electron chi connectivity index (χ0n) is 15.7. The van der Waals surface area contributed by atoms with E-state index in [1.54, 1.807) is 26.0 Å². The van der Waals surface area contributed by atoms with Crippen LogP contribution in [0.3, 0.4) is 0 Å². The summed E-state index contributed by atoms with van der Waals surface area (Å²) in [5.41, 5.74) is 0.160. The first-order valence-corrected chi connectivity index (χ1v) is 8.54. The van der Waals surface area contributed by atoms with Crippen molar-refractivity contribution in [3.05, 3.63) is 52.6 Å². The Labute approximate surface area is 161 Å². The topological polar surface area (TPSA) is 114 Å². The smallest absolute Gasteiger partial charge is 0.296 e. The van der Waals surface area contributed by atoms with Crippen LogP contribution in [0.4, 0.5) is 22.7 Å². The van der Waals surface area contributed by atoms with Crippen molar-refractivity contribution in [3.8, 4) is 5.75 Å². The number of para-hydroxylation sites is 2. The van der Waals surface area contributed by atoms with Gasteiger partial charge >= 0.3 is 0 Å². The number of hydrogen-bond acceptors (Lipinski definition) is 6. The predicted octanol–water partition coefficient (Wildman–Crippen LogP) is 2.78. The maximum Gasteiger partial charge on any atom is 0.296 e. The molecule has 0 atom stereocenters. The van der Waals surface area contributed by atoms with Crippen LogP contribution in [0.2, 0.25) is 0 Å². The summed E-state index contributed by atoms with van der Waals surface area (Å²) in [4.78, 5) is 37.5. The van der Waals surface area contributed by atoms with Gasteiger partial charge in [-0.25, -0.2) is 0 Å². The molecule has 0 aromatic heterocycles. The Hall–Kier alpha value is -3.62. The molecule has 2 aromatic carbocycles. The molecule has 3 rings (SSSR count). The minimum absolute atomic E-state index is 0.0333. The van der Waals surface area contributed by atoms with Crippen LogP contribution in [0, 0.1) is 10.1 Å². The van der Waals surface area contributed by atoms with E-state index in [4.69, 9.17) is 4.74 Å². The average molecular weight is 384 g/mol. The van der Waals surface area contributed by atoms with Crippen molar-refractivity contribution in [2.45, 2.75) is 19.4 Å². The number of fused-ring (bicyclic) bond motifs is 1. The second kappa shape index (κ2) is 7.18. The molecule has 1 heterocycles. The summed E-state index contributed by atoms with van der Waals surface area (Å²) >= 11 is 0. The fourth-order valence-corrected chi connectivity index (χ4v) is 3.04. The first kappa shape index (κ1) is 19.2. The number of nitro benzene ring substituents is 1. The van der Waals surface area contributed by atoms with E-state index in [0.717, 1.165) is 5.69 Å². The van der Waals surface area contributed by atoms with Crippen LogP contribution in [-0.2, 0) is 9.59 Å². The van der Waals surface area contributed by atoms with Crippen LogP contribution in [-0.4, -0.2) is 35.9 Å². The Kier molecular flexibility index (Phi) is 4.91. The lowest BCUT2D eigenvalue weighted by Gasteiger charge is -2.39. The van der Waals surface area contributed by atoms with Crippen molar-refractivity contribution in [2.24, 2.45) is 0 Å². The zero-order chi connectivity index (χ0) is 20.5. The van der Waals surface area contributed by atoms with Gasteiger partial charge in [0.15, 0.2) is 0 Å². The summed E-state index contributed by atoms with van der Waals surface area (Å²) in [5.74, 6) is -0.516. The van der Waals surface area contributed by atoms with Crippen molar-refractivity contribution < 1.29 is 19.2 Å². The summed E-state index contributed by atoms with van der Waals surface area (Å²) in [6.07, 6.45) is 0. The molecule has 0 spiro atoms. The van der Waals surface area contributed by atoms with Gasteiger partial charge in [0.2, 0.25) is 5.91 Å². The highest BCUT2D eigenvalue weighted by Gasteiger charge is 2.39. The molecule has 9 nitrogen and oxygen atoms in total. The van der Waals surface area contributed by atoms with Crippen LogP contribution < -0.4 is 20.3 Å². The molecular weight excluding hydrogens is 364 g/mol. The van der Waals surface area contributed by atoms with E-state index in [1.807, 2.05) is 12.1 Å². The maximum absolute atomic E-state index is 12.8. The number of anilines is 3. The Morgan fingerprint density at radius 3 is 2.68 bits per heavy atom. The quantitative estimate of drug-likeness (QED) is 0.605. The summed E-state index contributed by atoms with van der Waals surface area (Å²) in [6.45, 7) is 3.18. The minimum Gasteiger partial charge on any atom is -0.496 e. The summed E-state index contributed by atoms with van der Waals surface area (Å²) in [7, 11) is 1.40. The Morgan fingerprint density at radius 1 is 1.29 bits per heavy atom. The number of ether oxygens (including phenoxy) is 1. The molecule has 0 radical (unpaired) electrons. The van der Waals surface area contributed by atoms with Gasteiger partial charge in [0.05, 0.1) is 29.5 Å². The molecule has 1 aliphatic rings. The first-order chi connectivity index (χ1) is 13.2. The minimum atomic E-state index is -0.888. The highest BCUT2D eigenvalue weighted by atomic mass is 16.6. The Morgan fingerprint density at radius 2 is 2.00 bits per heavy atom. The van der Waals surface area contributed by atoms with E-state index < -0.39 is 16.4 Å². The fraction of sp³-hybridized carbons (Fsp3) is 0.263. The molecule has 0 saturated carbocycles. The highest BCUT2D eigenvalue weighted by Crippen LogP contribution is 2.35. The molecule has 0 unspecified atom stereocenters. The number of amides is 2. The summed E-state index contributed by atoms with van der Waals surface area (Å²) in [5, 5.41) is 17.0. The number of carbonyl (C=O) groups excluding carboxylic acids is 2. The number of methoxy groups -OCH3 is 1. The van der Waals surface area contributed by atoms with Crippen molar-refractivity contribution in [1.29, 1.82) is 0 Å². The Balaban J connectivity index is 1.86. The van der Waals surface area contributed by atoms with E-state index in [9.17, 15) is 19.7 Å². The predicted molar refractivity (Wildman–Crippen MR) is 105 cm³/mol. The van der Waals surface area contributed by atoms with Crippen molar-refractivity contribution >= 4 is 34.6 Å². The van der Waals surface area contributed by atoms with Gasteiger partial charge in [0, 0.05) is 0 Å². The molecule has 9 heteroatoms. The van der Waals surface area contributed by atoms with Gasteiger partial charge in [-0.3, -0.25) is 24.6 Å². The number of nitrogens with zero attached hydrogens (tertiary/aromatic N) is 2. The number of carbonyl (C=O) groups is 2. The second-order valence-corrected chi connectivity index (χ2v) is 6.85. The monoisotopic (exact) mass is 384 g/mol. The third-order valence-electron chi connectivity index (χ3n) is 4.40. The van der Waals surface area contributed by atoms with Gasteiger partial charge in [-0.1, -0.05) is 12.1 Å². The van der Waals surface area contributed by atoms with Gasteiger partial charge in [-0.05, 0) is 38.1 Å². The zero-order valence-corrected chi connectivity index (χ0v) is 15.7. The van der Waals surface area contributed by atoms with E-state index in [0.29, 0.717) is 11.4 Å². The van der Waals surface area contributed by atoms with E-state index in [-0.39, 0.29) is 23.8 Å². The molecule has 146 valence electrons. The van der Waals surface area contributed by atoms with Gasteiger partial charge in [-0.15, -0.1) is 0 Å². The standard InChI is InChI=1S/C19H20N4O5/c1-19(2)18(25)22(15-7-5-4-6-14(15)21-19)11-17(24)20-13-9-8-12(28-3)10-16(13)23(26)27/h4-10,21H,11H2,1-3H3,(H,20,24). The third kappa shape index (κ3) is 3.59. The second-order valence-electron chi connectivity index (χ2n) is 6.85. The highest BCUT2D eigenvalue weighted by molar-refractivity contribution is 6.11. The van der Waals surface area contributed by atoms with Crippen LogP contribution in [0.1, 0.15) is 13.8 Å². The normalized spacial score (nSPS) is 14.7. The molecule has 0 bridgehead atoms. The largest absolute Gasteiger partial charge is 0.496 e. The summed E-state index contributed by atoms with van der Waals surface area (Å²) < 4.78 is 4.99. The number of nitrogens with one attached hydrogen (secondary N) is 2. The molecule has 0 saturated heterocycles. The number of rotatable bonds is 5. The fourth-order valence-electron chi connectivity index (χ4n) is 3.04. The number of nitro groups is 1. The molecule has 2 aromatic rings. The Bertz CT molecular complexity index is 957. The third-order valence-corrected chi connectivity index (χ3v) is 4.40. The lowest BCUT2D eigenvalue weighted by molar-refractivity contribution is -0.384. The molecule has 28 heavy (non-hydrogen) atoms. The lowest BCUT2D eigenvalue weighted by atomic mass is 9.98. The van der Waals surface area contributed by atoms with Crippen molar-refractivity contribution in [2.75, 3.05) is 29.2 Å². The van der Waals surface area contributed by atoms with Gasteiger partial charge < -0.3 is 15.4 Å². The molecule has 2 amide bonds.